The number of amides is 1. The molecule has 3 atom stereocenters. The Morgan fingerprint density at radius 3 is 2.81 bits per heavy atom. The molecule has 1 saturated heterocycles. The largest absolute Gasteiger partial charge is 0.442 e. The summed E-state index contributed by atoms with van der Waals surface area (Å²) in [6, 6.07) is 9.93. The lowest BCUT2D eigenvalue weighted by Crippen LogP contribution is -2.35. The van der Waals surface area contributed by atoms with Gasteiger partial charge in [-0.15, -0.1) is 5.10 Å². The van der Waals surface area contributed by atoms with Crippen LogP contribution in [-0.4, -0.2) is 61.7 Å². The van der Waals surface area contributed by atoms with E-state index in [1.165, 1.54) is 0 Å². The Morgan fingerprint density at radius 2 is 2.06 bits per heavy atom. The van der Waals surface area contributed by atoms with Gasteiger partial charge in [-0.05, 0) is 35.7 Å². The highest BCUT2D eigenvalue weighted by Gasteiger charge is 2.47. The van der Waals surface area contributed by atoms with Crippen LogP contribution >= 0.6 is 0 Å². The maximum atomic E-state index is 12.5. The average Bonchev–Trinajstić information content (AvgIpc) is 3.60. The standard InChI is InChI=1S/C22H20N6O4/c29-12-16-9-18(25-32-16)17-3-1-14(10-23-17)13-2-4-19-15(7-13)8-20-21(31-22(30)28(19)20)11-27-6-5-24-26-27/h1-7,10,16,20-21,29H,8-9,11-12H2/t16?,20?,21-/m0/s1. The second kappa shape index (κ2) is 7.41. The van der Waals surface area contributed by atoms with Crippen LogP contribution in [0.4, 0.5) is 10.5 Å². The van der Waals surface area contributed by atoms with E-state index in [-0.39, 0.29) is 30.9 Å². The minimum atomic E-state index is -0.321. The number of hydrogen-bond acceptors (Lipinski definition) is 8. The fraction of sp³-hybridized carbons (Fsp3) is 0.318. The molecule has 162 valence electrons. The number of carbonyl (C=O) groups excluding carboxylic acids is 1. The molecule has 5 heterocycles. The van der Waals surface area contributed by atoms with Crippen LogP contribution in [0.25, 0.3) is 11.1 Å². The van der Waals surface area contributed by atoms with Crippen molar-refractivity contribution in [3.63, 3.8) is 0 Å². The highest BCUT2D eigenvalue weighted by atomic mass is 16.6. The van der Waals surface area contributed by atoms with E-state index in [9.17, 15) is 9.90 Å². The summed E-state index contributed by atoms with van der Waals surface area (Å²) < 4.78 is 7.29. The Morgan fingerprint density at radius 1 is 1.16 bits per heavy atom. The van der Waals surface area contributed by atoms with E-state index >= 15 is 0 Å². The van der Waals surface area contributed by atoms with Crippen molar-refractivity contribution in [3.05, 3.63) is 60.2 Å². The van der Waals surface area contributed by atoms with Crippen LogP contribution in [-0.2, 0) is 22.5 Å². The lowest BCUT2D eigenvalue weighted by Gasteiger charge is -2.16. The third-order valence-electron chi connectivity index (χ3n) is 6.15. The Bertz CT molecular complexity index is 1190. The number of anilines is 1. The van der Waals surface area contributed by atoms with Crippen molar-refractivity contribution in [1.82, 2.24) is 20.0 Å². The first-order valence-electron chi connectivity index (χ1n) is 10.5. The van der Waals surface area contributed by atoms with E-state index in [0.717, 1.165) is 40.2 Å². The molecule has 0 saturated carbocycles. The fourth-order valence-electron chi connectivity index (χ4n) is 4.54. The Balaban J connectivity index is 1.22. The third kappa shape index (κ3) is 3.11. The van der Waals surface area contributed by atoms with E-state index in [2.05, 4.69) is 26.5 Å². The number of pyridine rings is 1. The van der Waals surface area contributed by atoms with Crippen LogP contribution in [0.2, 0.25) is 0 Å². The van der Waals surface area contributed by atoms with Gasteiger partial charge in [0, 0.05) is 24.4 Å². The molecule has 2 unspecified atom stereocenters. The van der Waals surface area contributed by atoms with Crippen molar-refractivity contribution in [2.75, 3.05) is 11.5 Å². The number of ether oxygens (including phenoxy) is 1. The van der Waals surface area contributed by atoms with Gasteiger partial charge in [-0.1, -0.05) is 22.5 Å². The number of rotatable bonds is 5. The summed E-state index contributed by atoms with van der Waals surface area (Å²) in [5.41, 5.74) is 5.48. The predicted molar refractivity (Wildman–Crippen MR) is 113 cm³/mol. The van der Waals surface area contributed by atoms with Crippen molar-refractivity contribution in [2.24, 2.45) is 5.16 Å². The number of aliphatic hydroxyl groups is 1. The molecule has 0 radical (unpaired) electrons. The normalized spacial score (nSPS) is 23.5. The van der Waals surface area contributed by atoms with Crippen LogP contribution in [0, 0.1) is 0 Å². The van der Waals surface area contributed by atoms with Crippen LogP contribution in [0.5, 0.6) is 0 Å². The second-order valence-corrected chi connectivity index (χ2v) is 8.12. The number of hydrogen-bond donors (Lipinski definition) is 1. The molecule has 32 heavy (non-hydrogen) atoms. The summed E-state index contributed by atoms with van der Waals surface area (Å²) in [4.78, 5) is 24.0. The number of cyclic esters (lactones) is 1. The molecular weight excluding hydrogens is 412 g/mol. The lowest BCUT2D eigenvalue weighted by molar-refractivity contribution is 0.0390. The van der Waals surface area contributed by atoms with Crippen molar-refractivity contribution >= 4 is 17.5 Å². The van der Waals surface area contributed by atoms with E-state index < -0.39 is 0 Å². The average molecular weight is 432 g/mol. The number of oxime groups is 1. The number of benzene rings is 1. The maximum Gasteiger partial charge on any atom is 0.415 e. The van der Waals surface area contributed by atoms with E-state index in [0.29, 0.717) is 13.0 Å². The quantitative estimate of drug-likeness (QED) is 0.653. The molecular formula is C22H20N6O4. The Labute approximate surface area is 183 Å². The van der Waals surface area contributed by atoms with Gasteiger partial charge in [0.05, 0.1) is 36.8 Å². The third-order valence-corrected chi connectivity index (χ3v) is 6.15. The van der Waals surface area contributed by atoms with Gasteiger partial charge in [0.1, 0.15) is 11.8 Å². The maximum absolute atomic E-state index is 12.5. The summed E-state index contributed by atoms with van der Waals surface area (Å²) in [5.74, 6) is 0. The van der Waals surface area contributed by atoms with Crippen molar-refractivity contribution < 1.29 is 19.5 Å². The highest BCUT2D eigenvalue weighted by molar-refractivity contribution is 6.00. The highest BCUT2D eigenvalue weighted by Crippen LogP contribution is 2.40. The van der Waals surface area contributed by atoms with Crippen molar-refractivity contribution in [3.8, 4) is 11.1 Å². The summed E-state index contributed by atoms with van der Waals surface area (Å²) in [6.07, 6.45) is 5.56. The van der Waals surface area contributed by atoms with Gasteiger partial charge in [0.15, 0.2) is 6.10 Å². The molecule has 3 aliphatic rings. The zero-order chi connectivity index (χ0) is 21.7. The number of aliphatic hydroxyl groups excluding tert-OH is 1. The lowest BCUT2D eigenvalue weighted by atomic mass is 10.00. The van der Waals surface area contributed by atoms with Gasteiger partial charge in [0.2, 0.25) is 0 Å². The van der Waals surface area contributed by atoms with Gasteiger partial charge in [-0.3, -0.25) is 9.88 Å². The van der Waals surface area contributed by atoms with Gasteiger partial charge < -0.3 is 14.7 Å². The molecule has 6 rings (SSSR count). The number of nitrogens with zero attached hydrogens (tertiary/aromatic N) is 6. The van der Waals surface area contributed by atoms with Crippen LogP contribution in [0.15, 0.2) is 54.1 Å². The van der Waals surface area contributed by atoms with Crippen LogP contribution < -0.4 is 4.90 Å². The predicted octanol–water partition coefficient (Wildman–Crippen LogP) is 1.78. The van der Waals surface area contributed by atoms with E-state index in [1.54, 1.807) is 22.0 Å². The first-order chi connectivity index (χ1) is 15.7. The SMILES string of the molecule is O=C1O[C@@H](Cn2ccnn2)C2Cc3cc(-c4ccc(C5=NOC(CO)C5)nc4)ccc3N12. The second-order valence-electron chi connectivity index (χ2n) is 8.12. The van der Waals surface area contributed by atoms with Gasteiger partial charge >= 0.3 is 6.09 Å². The summed E-state index contributed by atoms with van der Waals surface area (Å²) in [5, 5.41) is 21.0. The molecule has 10 nitrogen and oxygen atoms in total. The van der Waals surface area contributed by atoms with Gasteiger partial charge in [-0.2, -0.15) is 0 Å². The number of fused-ring (bicyclic) bond motifs is 3. The molecule has 1 aromatic carbocycles. The molecule has 3 aliphatic heterocycles. The van der Waals surface area contributed by atoms with Crippen LogP contribution in [0.3, 0.4) is 0 Å². The number of carbonyl (C=O) groups is 1. The molecule has 3 aromatic rings. The molecule has 10 heteroatoms. The van der Waals surface area contributed by atoms with Crippen molar-refractivity contribution in [2.45, 2.75) is 37.6 Å². The first kappa shape index (κ1) is 18.9. The molecule has 2 aromatic heterocycles. The van der Waals surface area contributed by atoms with E-state index in [4.69, 9.17) is 9.57 Å². The van der Waals surface area contributed by atoms with Gasteiger partial charge in [-0.25, -0.2) is 9.48 Å². The zero-order valence-electron chi connectivity index (χ0n) is 17.0. The minimum absolute atomic E-state index is 0.0581. The molecule has 0 bridgehead atoms. The summed E-state index contributed by atoms with van der Waals surface area (Å²) in [7, 11) is 0. The monoisotopic (exact) mass is 432 g/mol. The van der Waals surface area contributed by atoms with Crippen LogP contribution in [0.1, 0.15) is 17.7 Å². The summed E-state index contributed by atoms with van der Waals surface area (Å²) >= 11 is 0. The first-order valence-corrected chi connectivity index (χ1v) is 10.5. The topological polar surface area (TPSA) is 115 Å². The fourth-order valence-corrected chi connectivity index (χ4v) is 4.54. The molecule has 1 amide bonds. The van der Waals surface area contributed by atoms with Gasteiger partial charge in [0.25, 0.3) is 0 Å². The molecule has 0 spiro atoms. The smallest absolute Gasteiger partial charge is 0.415 e. The molecule has 0 aliphatic carbocycles. The molecule has 1 fully saturated rings. The zero-order valence-corrected chi connectivity index (χ0v) is 17.0. The Kier molecular flexibility index (Phi) is 4.39. The van der Waals surface area contributed by atoms with E-state index in [1.807, 2.05) is 30.5 Å². The van der Waals surface area contributed by atoms with Crippen molar-refractivity contribution in [1.29, 1.82) is 0 Å². The summed E-state index contributed by atoms with van der Waals surface area (Å²) in [6.45, 7) is 0.412. The number of aromatic nitrogens is 4. The minimum Gasteiger partial charge on any atom is -0.442 e. The Hall–Kier alpha value is -3.79. The molecule has 1 N–H and O–H groups in total.